The summed E-state index contributed by atoms with van der Waals surface area (Å²) < 4.78 is 11.3. The topological polar surface area (TPSA) is 34.4 Å². The molecule has 1 N–H and O–H groups in total. The van der Waals surface area contributed by atoms with Crippen molar-refractivity contribution < 1.29 is 9.15 Å². The van der Waals surface area contributed by atoms with E-state index in [0.717, 1.165) is 25.1 Å². The fraction of sp³-hybridized carbons (Fsp3) is 0.667. The van der Waals surface area contributed by atoms with E-state index in [1.54, 1.807) is 6.26 Å². The van der Waals surface area contributed by atoms with Crippen LogP contribution in [0.25, 0.3) is 0 Å². The molecule has 3 nitrogen and oxygen atoms in total. The Balaban J connectivity index is 2.06. The van der Waals surface area contributed by atoms with Crippen LogP contribution in [0.15, 0.2) is 22.8 Å². The Morgan fingerprint density at radius 3 is 2.93 bits per heavy atom. The Morgan fingerprint density at radius 2 is 2.40 bits per heavy atom. The summed E-state index contributed by atoms with van der Waals surface area (Å²) >= 11 is 0. The molecule has 0 bridgehead atoms. The van der Waals surface area contributed by atoms with Crippen molar-refractivity contribution in [3.05, 3.63) is 24.2 Å². The first kappa shape index (κ1) is 10.7. The monoisotopic (exact) mass is 209 g/mol. The number of ether oxygens (including phenoxy) is 1. The van der Waals surface area contributed by atoms with Gasteiger partial charge in [-0.15, -0.1) is 0 Å². The summed E-state index contributed by atoms with van der Waals surface area (Å²) in [6.45, 7) is 5.17. The molecule has 84 valence electrons. The van der Waals surface area contributed by atoms with E-state index in [1.807, 2.05) is 12.1 Å². The quantitative estimate of drug-likeness (QED) is 0.827. The zero-order valence-electron chi connectivity index (χ0n) is 9.40. The minimum atomic E-state index is 0.204. The van der Waals surface area contributed by atoms with Crippen LogP contribution in [0, 0.1) is 0 Å². The van der Waals surface area contributed by atoms with Crippen LogP contribution in [0.2, 0.25) is 0 Å². The Hall–Kier alpha value is -0.800. The average molecular weight is 209 g/mol. The number of furan rings is 1. The van der Waals surface area contributed by atoms with Gasteiger partial charge in [-0.25, -0.2) is 0 Å². The van der Waals surface area contributed by atoms with Crippen LogP contribution in [-0.4, -0.2) is 18.8 Å². The predicted molar refractivity (Wildman–Crippen MR) is 58.7 cm³/mol. The van der Waals surface area contributed by atoms with Crippen LogP contribution in [-0.2, 0) is 4.74 Å². The molecule has 0 amide bonds. The second kappa shape index (κ2) is 4.81. The molecule has 2 rings (SSSR count). The fourth-order valence-corrected chi connectivity index (χ4v) is 2.18. The van der Waals surface area contributed by atoms with Crippen molar-refractivity contribution >= 4 is 0 Å². The zero-order chi connectivity index (χ0) is 10.7. The molecular formula is C12H19NO2. The molecule has 3 heteroatoms. The second-order valence-electron chi connectivity index (χ2n) is 4.11. The van der Waals surface area contributed by atoms with Gasteiger partial charge in [-0.2, -0.15) is 0 Å². The molecule has 0 radical (unpaired) electrons. The third-order valence-corrected chi connectivity index (χ3v) is 2.91. The van der Waals surface area contributed by atoms with E-state index in [4.69, 9.17) is 9.15 Å². The number of likely N-dealkylation sites (N-methyl/N-ethyl adjacent to an activating group) is 1. The Kier molecular flexibility index (Phi) is 3.44. The van der Waals surface area contributed by atoms with Gasteiger partial charge in [0.2, 0.25) is 0 Å². The standard InChI is InChI=1S/C12H19NO2/c1-3-13-12(10-5-4-8-14-10)11-7-6-9(2)15-11/h4-5,8-9,11-13H,3,6-7H2,1-2H3. The Labute approximate surface area is 90.8 Å². The van der Waals surface area contributed by atoms with Crippen LogP contribution in [0.1, 0.15) is 38.5 Å². The molecule has 1 saturated heterocycles. The maximum Gasteiger partial charge on any atom is 0.123 e. The van der Waals surface area contributed by atoms with Gasteiger partial charge in [0.25, 0.3) is 0 Å². The van der Waals surface area contributed by atoms with Gasteiger partial charge < -0.3 is 14.5 Å². The van der Waals surface area contributed by atoms with Gasteiger partial charge in [0.15, 0.2) is 0 Å². The highest BCUT2D eigenvalue weighted by molar-refractivity contribution is 5.07. The molecule has 1 aliphatic heterocycles. The van der Waals surface area contributed by atoms with Gasteiger partial charge >= 0.3 is 0 Å². The largest absolute Gasteiger partial charge is 0.468 e. The molecule has 1 aromatic heterocycles. The van der Waals surface area contributed by atoms with Crippen molar-refractivity contribution in [1.82, 2.24) is 5.32 Å². The van der Waals surface area contributed by atoms with Crippen molar-refractivity contribution in [2.75, 3.05) is 6.54 Å². The lowest BCUT2D eigenvalue weighted by molar-refractivity contribution is 0.0271. The smallest absolute Gasteiger partial charge is 0.123 e. The first-order valence-electron chi connectivity index (χ1n) is 5.73. The Morgan fingerprint density at radius 1 is 1.53 bits per heavy atom. The molecule has 3 atom stereocenters. The van der Waals surface area contributed by atoms with Crippen LogP contribution in [0.3, 0.4) is 0 Å². The lowest BCUT2D eigenvalue weighted by atomic mass is 10.1. The zero-order valence-corrected chi connectivity index (χ0v) is 9.40. The van der Waals surface area contributed by atoms with Crippen molar-refractivity contribution in [2.45, 2.75) is 44.9 Å². The van der Waals surface area contributed by atoms with E-state index in [2.05, 4.69) is 19.2 Å². The van der Waals surface area contributed by atoms with E-state index in [-0.39, 0.29) is 12.1 Å². The summed E-state index contributed by atoms with van der Waals surface area (Å²) in [6.07, 6.45) is 4.61. The van der Waals surface area contributed by atoms with Gasteiger partial charge in [0.05, 0.1) is 24.5 Å². The van der Waals surface area contributed by atoms with Crippen LogP contribution in [0.5, 0.6) is 0 Å². The van der Waals surface area contributed by atoms with Crippen molar-refractivity contribution in [2.24, 2.45) is 0 Å². The summed E-state index contributed by atoms with van der Waals surface area (Å²) in [6, 6.07) is 4.15. The summed E-state index contributed by atoms with van der Waals surface area (Å²) in [5, 5.41) is 3.43. The molecular weight excluding hydrogens is 190 g/mol. The highest BCUT2D eigenvalue weighted by atomic mass is 16.5. The molecule has 0 aliphatic carbocycles. The second-order valence-corrected chi connectivity index (χ2v) is 4.11. The number of hydrogen-bond acceptors (Lipinski definition) is 3. The number of nitrogens with one attached hydrogen (secondary N) is 1. The number of rotatable bonds is 4. The lowest BCUT2D eigenvalue weighted by Crippen LogP contribution is -2.31. The third kappa shape index (κ3) is 2.41. The molecule has 1 aliphatic rings. The van der Waals surface area contributed by atoms with Gasteiger partial charge in [-0.05, 0) is 38.4 Å². The van der Waals surface area contributed by atoms with E-state index in [0.29, 0.717) is 6.10 Å². The minimum Gasteiger partial charge on any atom is -0.468 e. The van der Waals surface area contributed by atoms with Crippen LogP contribution >= 0.6 is 0 Å². The first-order valence-corrected chi connectivity index (χ1v) is 5.73. The van der Waals surface area contributed by atoms with E-state index >= 15 is 0 Å². The van der Waals surface area contributed by atoms with Gasteiger partial charge in [-0.3, -0.25) is 0 Å². The molecule has 1 aromatic rings. The SMILES string of the molecule is CCNC(c1ccco1)C1CCC(C)O1. The number of hydrogen-bond donors (Lipinski definition) is 1. The molecule has 1 fully saturated rings. The van der Waals surface area contributed by atoms with Crippen molar-refractivity contribution in [3.63, 3.8) is 0 Å². The minimum absolute atomic E-state index is 0.204. The third-order valence-electron chi connectivity index (χ3n) is 2.91. The van der Waals surface area contributed by atoms with E-state index in [1.165, 1.54) is 0 Å². The summed E-state index contributed by atoms with van der Waals surface area (Å²) in [5.74, 6) is 0.982. The lowest BCUT2D eigenvalue weighted by Gasteiger charge is -2.22. The summed E-state index contributed by atoms with van der Waals surface area (Å²) in [5.41, 5.74) is 0. The normalized spacial score (nSPS) is 28.1. The average Bonchev–Trinajstić information content (AvgIpc) is 2.85. The molecule has 0 spiro atoms. The Bertz CT molecular complexity index is 284. The fourth-order valence-electron chi connectivity index (χ4n) is 2.18. The predicted octanol–water partition coefficient (Wildman–Crippen LogP) is 2.50. The molecule has 2 heterocycles. The van der Waals surface area contributed by atoms with E-state index < -0.39 is 0 Å². The highest BCUT2D eigenvalue weighted by Gasteiger charge is 2.31. The summed E-state index contributed by atoms with van der Waals surface area (Å²) in [4.78, 5) is 0. The van der Waals surface area contributed by atoms with Crippen molar-refractivity contribution in [3.8, 4) is 0 Å². The van der Waals surface area contributed by atoms with Crippen LogP contribution < -0.4 is 5.32 Å². The van der Waals surface area contributed by atoms with Crippen LogP contribution in [0.4, 0.5) is 0 Å². The first-order chi connectivity index (χ1) is 7.31. The van der Waals surface area contributed by atoms with Gasteiger partial charge in [0.1, 0.15) is 5.76 Å². The molecule has 0 aromatic carbocycles. The molecule has 15 heavy (non-hydrogen) atoms. The van der Waals surface area contributed by atoms with Gasteiger partial charge in [0, 0.05) is 0 Å². The van der Waals surface area contributed by atoms with Gasteiger partial charge in [-0.1, -0.05) is 6.92 Å². The molecule has 0 saturated carbocycles. The molecule has 3 unspecified atom stereocenters. The van der Waals surface area contributed by atoms with Crippen molar-refractivity contribution in [1.29, 1.82) is 0 Å². The van der Waals surface area contributed by atoms with E-state index in [9.17, 15) is 0 Å². The summed E-state index contributed by atoms with van der Waals surface area (Å²) in [7, 11) is 0. The maximum atomic E-state index is 5.88. The highest BCUT2D eigenvalue weighted by Crippen LogP contribution is 2.30. The maximum absolute atomic E-state index is 5.88.